The number of aliphatic carboxylic acids is 1. The molecule has 2 heteroatoms. The summed E-state index contributed by atoms with van der Waals surface area (Å²) in [5, 5.41) is 8.59. The third-order valence-corrected chi connectivity index (χ3v) is 1.94. The first-order valence-corrected chi connectivity index (χ1v) is 3.83. The van der Waals surface area contributed by atoms with Crippen molar-refractivity contribution in [1.29, 1.82) is 0 Å². The van der Waals surface area contributed by atoms with E-state index in [1.54, 1.807) is 0 Å². The van der Waals surface area contributed by atoms with Crippen LogP contribution in [0.25, 0.3) is 0 Å². The molecule has 0 spiro atoms. The maximum atomic E-state index is 10.5. The molecule has 0 unspecified atom stereocenters. The average molecular weight is 152 g/mol. The minimum absolute atomic E-state index is 0.268. The highest BCUT2D eigenvalue weighted by atomic mass is 16.4. The molecule has 1 rings (SSSR count). The van der Waals surface area contributed by atoms with Gasteiger partial charge in [-0.25, -0.2) is 4.79 Å². The fourth-order valence-corrected chi connectivity index (χ4v) is 1.25. The molecule has 1 N–H and O–H groups in total. The zero-order valence-corrected chi connectivity index (χ0v) is 6.47. The van der Waals surface area contributed by atoms with Gasteiger partial charge in [0.25, 0.3) is 0 Å². The van der Waals surface area contributed by atoms with Crippen molar-refractivity contribution in [2.24, 2.45) is 0 Å². The van der Waals surface area contributed by atoms with Gasteiger partial charge < -0.3 is 5.11 Å². The van der Waals surface area contributed by atoms with E-state index in [1.165, 1.54) is 6.42 Å². The van der Waals surface area contributed by atoms with E-state index in [9.17, 15) is 4.79 Å². The monoisotopic (exact) mass is 152 g/mol. The van der Waals surface area contributed by atoms with Gasteiger partial charge in [0.2, 0.25) is 0 Å². The quantitative estimate of drug-likeness (QED) is 0.615. The lowest BCUT2D eigenvalue weighted by molar-refractivity contribution is -0.132. The van der Waals surface area contributed by atoms with Gasteiger partial charge >= 0.3 is 5.97 Å². The lowest BCUT2D eigenvalue weighted by Crippen LogP contribution is -2.04. The minimum atomic E-state index is -0.891. The van der Waals surface area contributed by atoms with Crippen LogP contribution in [0.3, 0.4) is 0 Å². The molecular formula is C9H12O2. The smallest absolute Gasteiger partial charge is 0.335 e. The van der Waals surface area contributed by atoms with Crippen LogP contribution in [0.15, 0.2) is 23.8 Å². The van der Waals surface area contributed by atoms with Crippen LogP contribution in [0.4, 0.5) is 0 Å². The number of carbonyl (C=O) groups is 1. The summed E-state index contributed by atoms with van der Waals surface area (Å²) in [6.45, 7) is 3.51. The van der Waals surface area contributed by atoms with Crippen LogP contribution in [0.1, 0.15) is 25.7 Å². The van der Waals surface area contributed by atoms with Crippen molar-refractivity contribution in [1.82, 2.24) is 0 Å². The molecule has 0 saturated carbocycles. The highest BCUT2D eigenvalue weighted by Gasteiger charge is 2.11. The maximum absolute atomic E-state index is 10.5. The van der Waals surface area contributed by atoms with Gasteiger partial charge in [-0.2, -0.15) is 0 Å². The molecule has 0 bridgehead atoms. The number of hydrogen-bond donors (Lipinski definition) is 1. The largest absolute Gasteiger partial charge is 0.478 e. The summed E-state index contributed by atoms with van der Waals surface area (Å²) in [6.07, 6.45) is 6.14. The Bertz CT molecular complexity index is 214. The van der Waals surface area contributed by atoms with Crippen molar-refractivity contribution in [2.75, 3.05) is 0 Å². The zero-order valence-electron chi connectivity index (χ0n) is 6.47. The van der Waals surface area contributed by atoms with Crippen LogP contribution >= 0.6 is 0 Å². The predicted molar refractivity (Wildman–Crippen MR) is 43.3 cm³/mol. The number of rotatable bonds is 2. The molecule has 0 aliphatic heterocycles. The Morgan fingerprint density at radius 2 is 2.27 bits per heavy atom. The Labute approximate surface area is 66.2 Å². The Morgan fingerprint density at radius 1 is 1.55 bits per heavy atom. The number of hydrogen-bond acceptors (Lipinski definition) is 1. The molecule has 1 aliphatic rings. The third-order valence-electron chi connectivity index (χ3n) is 1.94. The van der Waals surface area contributed by atoms with E-state index >= 15 is 0 Å². The number of carboxylic acids is 1. The summed E-state index contributed by atoms with van der Waals surface area (Å²) in [5.74, 6) is -0.891. The van der Waals surface area contributed by atoms with Crippen molar-refractivity contribution in [3.63, 3.8) is 0 Å². The predicted octanol–water partition coefficient (Wildman–Crippen LogP) is 2.13. The van der Waals surface area contributed by atoms with Crippen LogP contribution in [-0.4, -0.2) is 11.1 Å². The molecule has 0 fully saturated rings. The van der Waals surface area contributed by atoms with Crippen LogP contribution in [0.2, 0.25) is 0 Å². The van der Waals surface area contributed by atoms with E-state index in [0.717, 1.165) is 24.8 Å². The van der Waals surface area contributed by atoms with Crippen molar-refractivity contribution >= 4 is 5.97 Å². The SMILES string of the molecule is C=C(C(=O)O)C1=CCCCC1. The van der Waals surface area contributed by atoms with E-state index in [1.807, 2.05) is 6.08 Å². The van der Waals surface area contributed by atoms with Gasteiger partial charge in [0.05, 0.1) is 5.57 Å². The minimum Gasteiger partial charge on any atom is -0.478 e. The molecular weight excluding hydrogens is 140 g/mol. The van der Waals surface area contributed by atoms with Gasteiger partial charge in [0.1, 0.15) is 0 Å². The number of carboxylic acid groups (broad SMARTS) is 1. The topological polar surface area (TPSA) is 37.3 Å². The fraction of sp³-hybridized carbons (Fsp3) is 0.444. The first-order chi connectivity index (χ1) is 5.22. The normalized spacial score (nSPS) is 17.3. The molecule has 0 atom stereocenters. The highest BCUT2D eigenvalue weighted by Crippen LogP contribution is 2.22. The molecule has 0 radical (unpaired) electrons. The first kappa shape index (κ1) is 8.05. The Morgan fingerprint density at radius 3 is 2.73 bits per heavy atom. The van der Waals surface area contributed by atoms with Crippen LogP contribution in [0, 0.1) is 0 Å². The van der Waals surface area contributed by atoms with Gasteiger partial charge in [-0.15, -0.1) is 0 Å². The van der Waals surface area contributed by atoms with E-state index in [0.29, 0.717) is 0 Å². The van der Waals surface area contributed by atoms with Crippen LogP contribution in [-0.2, 0) is 4.79 Å². The summed E-state index contributed by atoms with van der Waals surface area (Å²) in [4.78, 5) is 10.5. The maximum Gasteiger partial charge on any atom is 0.335 e. The summed E-state index contributed by atoms with van der Waals surface area (Å²) >= 11 is 0. The van der Waals surface area contributed by atoms with Crippen LogP contribution < -0.4 is 0 Å². The molecule has 0 amide bonds. The fourth-order valence-electron chi connectivity index (χ4n) is 1.25. The van der Waals surface area contributed by atoms with E-state index in [2.05, 4.69) is 6.58 Å². The molecule has 0 aromatic carbocycles. The summed E-state index contributed by atoms with van der Waals surface area (Å²) < 4.78 is 0. The molecule has 2 nitrogen and oxygen atoms in total. The van der Waals surface area contributed by atoms with Gasteiger partial charge in [0.15, 0.2) is 0 Å². The lowest BCUT2D eigenvalue weighted by atomic mass is 9.94. The Hall–Kier alpha value is -1.05. The van der Waals surface area contributed by atoms with Gasteiger partial charge in [-0.05, 0) is 31.3 Å². The third kappa shape index (κ3) is 1.93. The molecule has 60 valence electrons. The second-order valence-electron chi connectivity index (χ2n) is 2.76. The molecule has 1 aliphatic carbocycles. The lowest BCUT2D eigenvalue weighted by Gasteiger charge is -2.11. The van der Waals surface area contributed by atoms with Crippen molar-refractivity contribution in [2.45, 2.75) is 25.7 Å². The van der Waals surface area contributed by atoms with Gasteiger partial charge in [-0.3, -0.25) is 0 Å². The van der Waals surface area contributed by atoms with Gasteiger partial charge in [0, 0.05) is 0 Å². The summed E-state index contributed by atoms with van der Waals surface area (Å²) in [6, 6.07) is 0. The van der Waals surface area contributed by atoms with E-state index in [-0.39, 0.29) is 5.57 Å². The van der Waals surface area contributed by atoms with Crippen LogP contribution in [0.5, 0.6) is 0 Å². The molecule has 0 aromatic rings. The molecule has 0 heterocycles. The Balaban J connectivity index is 2.66. The first-order valence-electron chi connectivity index (χ1n) is 3.83. The summed E-state index contributed by atoms with van der Waals surface area (Å²) in [5.41, 5.74) is 1.19. The average Bonchev–Trinajstić information content (AvgIpc) is 2.05. The zero-order chi connectivity index (χ0) is 8.27. The highest BCUT2D eigenvalue weighted by molar-refractivity contribution is 5.90. The van der Waals surface area contributed by atoms with E-state index < -0.39 is 5.97 Å². The van der Waals surface area contributed by atoms with Crippen molar-refractivity contribution < 1.29 is 9.90 Å². The van der Waals surface area contributed by atoms with Gasteiger partial charge in [-0.1, -0.05) is 12.7 Å². The van der Waals surface area contributed by atoms with Crippen molar-refractivity contribution in [3.05, 3.63) is 23.8 Å². The summed E-state index contributed by atoms with van der Waals surface area (Å²) in [7, 11) is 0. The van der Waals surface area contributed by atoms with E-state index in [4.69, 9.17) is 5.11 Å². The standard InChI is InChI=1S/C9H12O2/c1-7(9(10)11)8-5-3-2-4-6-8/h5H,1-4,6H2,(H,10,11). The van der Waals surface area contributed by atoms with Crippen molar-refractivity contribution in [3.8, 4) is 0 Å². The molecule has 0 aromatic heterocycles. The second kappa shape index (κ2) is 3.37. The molecule has 0 saturated heterocycles. The molecule has 11 heavy (non-hydrogen) atoms. The Kier molecular flexibility index (Phi) is 2.47. The second-order valence-corrected chi connectivity index (χ2v) is 2.76. The number of allylic oxidation sites excluding steroid dienone is 1.